The van der Waals surface area contributed by atoms with E-state index in [4.69, 9.17) is 0 Å². The number of para-hydroxylation sites is 1. The second-order valence-corrected chi connectivity index (χ2v) is 5.08. The standard InChI is InChI=1S/C16H18N4.2ClH/c17-7-5-16(20-11-9-18-10-12-20)14-6-8-19-15-4-2-1-3-13(14)15;;/h1-4,6,8,16,18H,5,9-12H2;2*1H/t16-;;/m0../s1. The first kappa shape index (κ1) is 18.7. The molecule has 0 spiro atoms. The van der Waals surface area contributed by atoms with Crippen molar-refractivity contribution in [1.29, 1.82) is 5.26 Å². The largest absolute Gasteiger partial charge is 0.314 e. The van der Waals surface area contributed by atoms with Gasteiger partial charge >= 0.3 is 0 Å². The van der Waals surface area contributed by atoms with E-state index >= 15 is 0 Å². The predicted molar refractivity (Wildman–Crippen MR) is 93.7 cm³/mol. The lowest BCUT2D eigenvalue weighted by Crippen LogP contribution is -2.45. The smallest absolute Gasteiger partial charge is 0.0705 e. The maximum Gasteiger partial charge on any atom is 0.0705 e. The summed E-state index contributed by atoms with van der Waals surface area (Å²) in [6.07, 6.45) is 2.37. The highest BCUT2D eigenvalue weighted by atomic mass is 35.5. The van der Waals surface area contributed by atoms with Crippen LogP contribution in [0.4, 0.5) is 0 Å². The summed E-state index contributed by atoms with van der Waals surface area (Å²) in [5, 5.41) is 13.7. The van der Waals surface area contributed by atoms with Crippen molar-refractivity contribution >= 4 is 35.7 Å². The maximum absolute atomic E-state index is 9.19. The van der Waals surface area contributed by atoms with E-state index in [0.29, 0.717) is 6.42 Å². The molecule has 1 fully saturated rings. The summed E-state index contributed by atoms with van der Waals surface area (Å²) in [6.45, 7) is 3.96. The lowest BCUT2D eigenvalue weighted by molar-refractivity contribution is 0.176. The molecule has 4 nitrogen and oxygen atoms in total. The number of benzene rings is 1. The molecule has 2 aromatic rings. The Bertz CT molecular complexity index is 630. The predicted octanol–water partition coefficient (Wildman–Crippen LogP) is 2.94. The van der Waals surface area contributed by atoms with Crippen molar-refractivity contribution in [3.05, 3.63) is 42.1 Å². The number of piperazine rings is 1. The third kappa shape index (κ3) is 3.88. The molecule has 1 aromatic heterocycles. The zero-order chi connectivity index (χ0) is 13.8. The van der Waals surface area contributed by atoms with Crippen molar-refractivity contribution in [2.75, 3.05) is 26.2 Å². The Morgan fingerprint density at radius 2 is 1.91 bits per heavy atom. The monoisotopic (exact) mass is 338 g/mol. The number of pyridine rings is 1. The molecule has 1 aliphatic heterocycles. The van der Waals surface area contributed by atoms with E-state index in [2.05, 4.69) is 33.4 Å². The fourth-order valence-electron chi connectivity index (χ4n) is 2.92. The van der Waals surface area contributed by atoms with E-state index in [1.807, 2.05) is 24.4 Å². The van der Waals surface area contributed by atoms with E-state index in [-0.39, 0.29) is 30.9 Å². The average Bonchev–Trinajstić information content (AvgIpc) is 2.53. The molecular weight excluding hydrogens is 319 g/mol. The Morgan fingerprint density at radius 3 is 2.64 bits per heavy atom. The van der Waals surface area contributed by atoms with Crippen LogP contribution >= 0.6 is 24.8 Å². The molecule has 1 N–H and O–H groups in total. The van der Waals surface area contributed by atoms with Gasteiger partial charge in [0.1, 0.15) is 0 Å². The van der Waals surface area contributed by atoms with Crippen molar-refractivity contribution in [2.24, 2.45) is 0 Å². The molecule has 0 unspecified atom stereocenters. The molecular formula is C16H20Cl2N4. The molecule has 6 heteroatoms. The van der Waals surface area contributed by atoms with Gasteiger partial charge in [-0.3, -0.25) is 9.88 Å². The van der Waals surface area contributed by atoms with Gasteiger partial charge in [-0.1, -0.05) is 18.2 Å². The number of nitrogens with one attached hydrogen (secondary N) is 1. The Morgan fingerprint density at radius 1 is 1.18 bits per heavy atom. The number of fused-ring (bicyclic) bond motifs is 1. The van der Waals surface area contributed by atoms with E-state index in [0.717, 1.165) is 37.1 Å². The summed E-state index contributed by atoms with van der Waals surface area (Å²) in [6, 6.07) is 12.7. The van der Waals surface area contributed by atoms with Crippen LogP contribution in [0.1, 0.15) is 18.0 Å². The molecule has 0 saturated carbocycles. The van der Waals surface area contributed by atoms with Gasteiger partial charge in [0, 0.05) is 43.8 Å². The van der Waals surface area contributed by atoms with Gasteiger partial charge in [-0.25, -0.2) is 0 Å². The van der Waals surface area contributed by atoms with Crippen LogP contribution in [0.15, 0.2) is 36.5 Å². The first-order chi connectivity index (χ1) is 9.90. The Balaban J connectivity index is 0.00000121. The van der Waals surface area contributed by atoms with Crippen LogP contribution in [0.5, 0.6) is 0 Å². The molecule has 0 amide bonds. The maximum atomic E-state index is 9.19. The lowest BCUT2D eigenvalue weighted by Gasteiger charge is -2.34. The van der Waals surface area contributed by atoms with Crippen LogP contribution in [0, 0.1) is 11.3 Å². The van der Waals surface area contributed by atoms with Gasteiger partial charge in [-0.05, 0) is 17.7 Å². The van der Waals surface area contributed by atoms with Crippen molar-refractivity contribution in [3.63, 3.8) is 0 Å². The zero-order valence-electron chi connectivity index (χ0n) is 12.2. The number of nitrogens with zero attached hydrogens (tertiary/aromatic N) is 3. The van der Waals surface area contributed by atoms with Gasteiger partial charge in [-0.15, -0.1) is 24.8 Å². The molecule has 0 radical (unpaired) electrons. The van der Waals surface area contributed by atoms with E-state index in [1.165, 1.54) is 5.56 Å². The Hall–Kier alpha value is -1.38. The SMILES string of the molecule is Cl.Cl.N#CC[C@@H](c1ccnc2ccccc12)N1CCNCC1. The Kier molecular flexibility index (Phi) is 7.57. The molecule has 2 heterocycles. The molecule has 1 aromatic carbocycles. The van der Waals surface area contributed by atoms with Crippen LogP contribution in [-0.2, 0) is 0 Å². The third-order valence-electron chi connectivity index (χ3n) is 3.92. The summed E-state index contributed by atoms with van der Waals surface area (Å²) in [5.41, 5.74) is 2.22. The minimum Gasteiger partial charge on any atom is -0.314 e. The number of hydrogen-bond donors (Lipinski definition) is 1. The van der Waals surface area contributed by atoms with Gasteiger partial charge in [0.25, 0.3) is 0 Å². The van der Waals surface area contributed by atoms with Crippen LogP contribution in [0.2, 0.25) is 0 Å². The highest BCUT2D eigenvalue weighted by molar-refractivity contribution is 5.85. The summed E-state index contributed by atoms with van der Waals surface area (Å²) < 4.78 is 0. The third-order valence-corrected chi connectivity index (χ3v) is 3.92. The van der Waals surface area contributed by atoms with Crippen molar-refractivity contribution in [2.45, 2.75) is 12.5 Å². The normalized spacial score (nSPS) is 16.1. The molecule has 0 bridgehead atoms. The first-order valence-corrected chi connectivity index (χ1v) is 7.05. The Labute approximate surface area is 143 Å². The zero-order valence-corrected chi connectivity index (χ0v) is 13.9. The van der Waals surface area contributed by atoms with Crippen LogP contribution in [-0.4, -0.2) is 36.1 Å². The van der Waals surface area contributed by atoms with Crippen LogP contribution in [0.3, 0.4) is 0 Å². The summed E-state index contributed by atoms with van der Waals surface area (Å²) >= 11 is 0. The minimum absolute atomic E-state index is 0. The fourth-order valence-corrected chi connectivity index (χ4v) is 2.92. The summed E-state index contributed by atoms with van der Waals surface area (Å²) in [4.78, 5) is 6.82. The topological polar surface area (TPSA) is 52.0 Å². The van der Waals surface area contributed by atoms with Gasteiger partial charge in [0.2, 0.25) is 0 Å². The average molecular weight is 339 g/mol. The van der Waals surface area contributed by atoms with Crippen molar-refractivity contribution in [1.82, 2.24) is 15.2 Å². The molecule has 118 valence electrons. The number of halogens is 2. The van der Waals surface area contributed by atoms with Crippen LogP contribution < -0.4 is 5.32 Å². The van der Waals surface area contributed by atoms with Crippen molar-refractivity contribution in [3.8, 4) is 6.07 Å². The quantitative estimate of drug-likeness (QED) is 0.934. The lowest BCUT2D eigenvalue weighted by atomic mass is 9.98. The second-order valence-electron chi connectivity index (χ2n) is 5.08. The van der Waals surface area contributed by atoms with Gasteiger partial charge in [-0.2, -0.15) is 5.26 Å². The van der Waals surface area contributed by atoms with Gasteiger partial charge in [0.15, 0.2) is 0 Å². The summed E-state index contributed by atoms with van der Waals surface area (Å²) in [7, 11) is 0. The highest BCUT2D eigenvalue weighted by Gasteiger charge is 2.23. The van der Waals surface area contributed by atoms with Gasteiger partial charge in [0.05, 0.1) is 18.0 Å². The molecule has 3 rings (SSSR count). The minimum atomic E-state index is 0. The highest BCUT2D eigenvalue weighted by Crippen LogP contribution is 2.29. The molecule has 22 heavy (non-hydrogen) atoms. The second kappa shape index (κ2) is 8.92. The molecule has 1 saturated heterocycles. The van der Waals surface area contributed by atoms with E-state index in [1.54, 1.807) is 0 Å². The molecule has 1 atom stereocenters. The summed E-state index contributed by atoms with van der Waals surface area (Å²) in [5.74, 6) is 0. The van der Waals surface area contributed by atoms with Crippen molar-refractivity contribution < 1.29 is 0 Å². The first-order valence-electron chi connectivity index (χ1n) is 7.05. The number of aromatic nitrogens is 1. The molecule has 1 aliphatic rings. The van der Waals surface area contributed by atoms with Gasteiger partial charge < -0.3 is 5.32 Å². The van der Waals surface area contributed by atoms with Crippen LogP contribution in [0.25, 0.3) is 10.9 Å². The number of nitriles is 1. The number of rotatable bonds is 3. The fraction of sp³-hybridized carbons (Fsp3) is 0.375. The van der Waals surface area contributed by atoms with E-state index < -0.39 is 0 Å². The molecule has 0 aliphatic carbocycles. The number of hydrogen-bond acceptors (Lipinski definition) is 4. The van der Waals surface area contributed by atoms with E-state index in [9.17, 15) is 5.26 Å².